The van der Waals surface area contributed by atoms with Gasteiger partial charge < -0.3 is 5.32 Å². The summed E-state index contributed by atoms with van der Waals surface area (Å²) < 4.78 is 0. The zero-order chi connectivity index (χ0) is 9.68. The van der Waals surface area contributed by atoms with Crippen molar-refractivity contribution in [3.63, 3.8) is 0 Å². The SMILES string of the molecule is CC1C(=O)NCCN1CCCC#N. The standard InChI is InChI=1S/C9H15N3O/c1-8-9(13)11-5-7-12(8)6-3-2-4-10/h8H,2-3,5-7H2,1H3,(H,11,13). The smallest absolute Gasteiger partial charge is 0.237 e. The Labute approximate surface area is 78.5 Å². The molecule has 1 atom stereocenters. The van der Waals surface area contributed by atoms with Crippen LogP contribution in [0.4, 0.5) is 0 Å². The molecular weight excluding hydrogens is 166 g/mol. The molecule has 0 spiro atoms. The van der Waals surface area contributed by atoms with E-state index in [0.29, 0.717) is 6.42 Å². The second-order valence-corrected chi connectivity index (χ2v) is 3.26. The van der Waals surface area contributed by atoms with Crippen LogP contribution in [0.25, 0.3) is 0 Å². The number of rotatable bonds is 3. The van der Waals surface area contributed by atoms with E-state index in [2.05, 4.69) is 16.3 Å². The van der Waals surface area contributed by atoms with Crippen molar-refractivity contribution in [1.29, 1.82) is 5.26 Å². The average Bonchev–Trinajstić information content (AvgIpc) is 2.13. The van der Waals surface area contributed by atoms with Gasteiger partial charge in [0.25, 0.3) is 0 Å². The van der Waals surface area contributed by atoms with Crippen LogP contribution in [0.15, 0.2) is 0 Å². The Morgan fingerprint density at radius 3 is 3.23 bits per heavy atom. The number of piperazine rings is 1. The van der Waals surface area contributed by atoms with Gasteiger partial charge in [-0.3, -0.25) is 9.69 Å². The summed E-state index contributed by atoms with van der Waals surface area (Å²) in [5.41, 5.74) is 0. The number of carbonyl (C=O) groups is 1. The zero-order valence-corrected chi connectivity index (χ0v) is 7.92. The molecule has 0 bridgehead atoms. The van der Waals surface area contributed by atoms with E-state index in [1.165, 1.54) is 0 Å². The maximum absolute atomic E-state index is 11.2. The van der Waals surface area contributed by atoms with Crippen molar-refractivity contribution in [1.82, 2.24) is 10.2 Å². The molecule has 0 aromatic rings. The highest BCUT2D eigenvalue weighted by Crippen LogP contribution is 2.05. The zero-order valence-electron chi connectivity index (χ0n) is 7.92. The van der Waals surface area contributed by atoms with Crippen molar-refractivity contribution in [2.45, 2.75) is 25.8 Å². The summed E-state index contributed by atoms with van der Waals surface area (Å²) in [6.45, 7) is 4.39. The van der Waals surface area contributed by atoms with Gasteiger partial charge in [0, 0.05) is 19.5 Å². The minimum absolute atomic E-state index is 0.0348. The van der Waals surface area contributed by atoms with E-state index in [-0.39, 0.29) is 11.9 Å². The molecule has 1 aliphatic rings. The Morgan fingerprint density at radius 1 is 1.77 bits per heavy atom. The Morgan fingerprint density at radius 2 is 2.54 bits per heavy atom. The second-order valence-electron chi connectivity index (χ2n) is 3.26. The van der Waals surface area contributed by atoms with E-state index in [1.54, 1.807) is 0 Å². The fraction of sp³-hybridized carbons (Fsp3) is 0.778. The average molecular weight is 181 g/mol. The number of unbranched alkanes of at least 4 members (excludes halogenated alkanes) is 1. The van der Waals surface area contributed by atoms with Crippen LogP contribution in [0.3, 0.4) is 0 Å². The number of carbonyl (C=O) groups excluding carboxylic acids is 1. The molecule has 1 rings (SSSR count). The third-order valence-corrected chi connectivity index (χ3v) is 2.36. The summed E-state index contributed by atoms with van der Waals surface area (Å²) in [7, 11) is 0. The lowest BCUT2D eigenvalue weighted by Crippen LogP contribution is -2.53. The quantitative estimate of drug-likeness (QED) is 0.629. The fourth-order valence-electron chi connectivity index (χ4n) is 1.50. The first kappa shape index (κ1) is 10.0. The Balaban J connectivity index is 2.32. The minimum Gasteiger partial charge on any atom is -0.353 e. The van der Waals surface area contributed by atoms with Crippen LogP contribution in [0.2, 0.25) is 0 Å². The van der Waals surface area contributed by atoms with Gasteiger partial charge in [0.05, 0.1) is 12.1 Å². The number of hydrogen-bond acceptors (Lipinski definition) is 3. The van der Waals surface area contributed by atoms with Gasteiger partial charge in [-0.05, 0) is 19.9 Å². The molecular formula is C9H15N3O. The minimum atomic E-state index is -0.0348. The van der Waals surface area contributed by atoms with Crippen molar-refractivity contribution in [2.75, 3.05) is 19.6 Å². The van der Waals surface area contributed by atoms with Crippen LogP contribution in [-0.2, 0) is 4.79 Å². The van der Waals surface area contributed by atoms with Gasteiger partial charge in [-0.1, -0.05) is 0 Å². The number of nitriles is 1. The molecule has 0 aromatic heterocycles. The van der Waals surface area contributed by atoms with Crippen LogP contribution >= 0.6 is 0 Å². The summed E-state index contributed by atoms with van der Waals surface area (Å²) >= 11 is 0. The molecule has 0 saturated carbocycles. The molecule has 4 heteroatoms. The lowest BCUT2D eigenvalue weighted by atomic mass is 10.2. The van der Waals surface area contributed by atoms with Crippen molar-refractivity contribution in [3.8, 4) is 6.07 Å². The Kier molecular flexibility index (Phi) is 3.71. The highest BCUT2D eigenvalue weighted by Gasteiger charge is 2.24. The van der Waals surface area contributed by atoms with Crippen LogP contribution in [0.5, 0.6) is 0 Å². The van der Waals surface area contributed by atoms with Crippen LogP contribution in [0.1, 0.15) is 19.8 Å². The lowest BCUT2D eigenvalue weighted by Gasteiger charge is -2.32. The number of nitrogens with one attached hydrogen (secondary N) is 1. The number of amides is 1. The van der Waals surface area contributed by atoms with Gasteiger partial charge in [0.1, 0.15) is 0 Å². The first-order valence-corrected chi connectivity index (χ1v) is 4.64. The van der Waals surface area contributed by atoms with Crippen molar-refractivity contribution in [2.24, 2.45) is 0 Å². The maximum atomic E-state index is 11.2. The lowest BCUT2D eigenvalue weighted by molar-refractivity contribution is -0.128. The van der Waals surface area contributed by atoms with E-state index in [1.807, 2.05) is 6.92 Å². The highest BCUT2D eigenvalue weighted by atomic mass is 16.2. The van der Waals surface area contributed by atoms with Gasteiger partial charge in [-0.25, -0.2) is 0 Å². The molecule has 4 nitrogen and oxygen atoms in total. The van der Waals surface area contributed by atoms with E-state index in [4.69, 9.17) is 5.26 Å². The van der Waals surface area contributed by atoms with Crippen molar-refractivity contribution < 1.29 is 4.79 Å². The van der Waals surface area contributed by atoms with E-state index in [9.17, 15) is 4.79 Å². The maximum Gasteiger partial charge on any atom is 0.237 e. The molecule has 1 N–H and O–H groups in total. The van der Waals surface area contributed by atoms with Crippen LogP contribution in [-0.4, -0.2) is 36.5 Å². The summed E-state index contributed by atoms with van der Waals surface area (Å²) in [5.74, 6) is 0.100. The van der Waals surface area contributed by atoms with E-state index >= 15 is 0 Å². The first-order chi connectivity index (χ1) is 6.25. The summed E-state index contributed by atoms with van der Waals surface area (Å²) in [6.07, 6.45) is 1.43. The Bertz CT molecular complexity index is 221. The topological polar surface area (TPSA) is 56.1 Å². The van der Waals surface area contributed by atoms with E-state index < -0.39 is 0 Å². The largest absolute Gasteiger partial charge is 0.353 e. The monoisotopic (exact) mass is 181 g/mol. The third-order valence-electron chi connectivity index (χ3n) is 2.36. The predicted octanol–water partition coefficient (Wildman–Crippen LogP) is 0.110. The number of nitrogens with zero attached hydrogens (tertiary/aromatic N) is 2. The predicted molar refractivity (Wildman–Crippen MR) is 48.9 cm³/mol. The Hall–Kier alpha value is -1.08. The molecule has 1 unspecified atom stereocenters. The van der Waals surface area contributed by atoms with Crippen molar-refractivity contribution >= 4 is 5.91 Å². The molecule has 1 heterocycles. The van der Waals surface area contributed by atoms with Crippen molar-refractivity contribution in [3.05, 3.63) is 0 Å². The summed E-state index contributed by atoms with van der Waals surface area (Å²) in [6, 6.07) is 2.07. The first-order valence-electron chi connectivity index (χ1n) is 4.64. The molecule has 1 saturated heterocycles. The summed E-state index contributed by atoms with van der Waals surface area (Å²) in [5, 5.41) is 11.2. The second kappa shape index (κ2) is 4.83. The molecule has 0 aliphatic carbocycles. The van der Waals surface area contributed by atoms with E-state index in [0.717, 1.165) is 26.1 Å². The molecule has 72 valence electrons. The van der Waals surface area contributed by atoms with Crippen LogP contribution in [0, 0.1) is 11.3 Å². The number of hydrogen-bond donors (Lipinski definition) is 1. The molecule has 1 amide bonds. The fourth-order valence-corrected chi connectivity index (χ4v) is 1.50. The van der Waals surface area contributed by atoms with Gasteiger partial charge in [-0.2, -0.15) is 5.26 Å². The van der Waals surface area contributed by atoms with Gasteiger partial charge in [-0.15, -0.1) is 0 Å². The highest BCUT2D eigenvalue weighted by molar-refractivity contribution is 5.81. The molecule has 1 fully saturated rings. The third kappa shape index (κ3) is 2.71. The molecule has 0 aromatic carbocycles. The molecule has 1 aliphatic heterocycles. The molecule has 0 radical (unpaired) electrons. The normalized spacial score (nSPS) is 23.7. The van der Waals surface area contributed by atoms with Gasteiger partial charge in [0.15, 0.2) is 0 Å². The van der Waals surface area contributed by atoms with Gasteiger partial charge in [0.2, 0.25) is 5.91 Å². The summed E-state index contributed by atoms with van der Waals surface area (Å²) in [4.78, 5) is 13.3. The molecule has 13 heavy (non-hydrogen) atoms. The van der Waals surface area contributed by atoms with Gasteiger partial charge >= 0.3 is 0 Å². The van der Waals surface area contributed by atoms with Crippen LogP contribution < -0.4 is 5.32 Å².